The van der Waals surface area contributed by atoms with E-state index >= 15 is 0 Å². The number of anilines is 1. The number of nitrogens with one attached hydrogen (secondary N) is 1. The van der Waals surface area contributed by atoms with E-state index in [1.54, 1.807) is 48.5 Å². The third kappa shape index (κ3) is 4.06. The van der Waals surface area contributed by atoms with Crippen LogP contribution in [0.2, 0.25) is 0 Å². The summed E-state index contributed by atoms with van der Waals surface area (Å²) in [7, 11) is 0. The second kappa shape index (κ2) is 8.59. The molecule has 5 nitrogen and oxygen atoms in total. The molecule has 1 fully saturated rings. The molecular formula is C27H19FN2O3. The van der Waals surface area contributed by atoms with E-state index in [2.05, 4.69) is 5.43 Å². The molecule has 2 amide bonds. The molecule has 0 spiro atoms. The zero-order chi connectivity index (χ0) is 22.8. The van der Waals surface area contributed by atoms with Crippen LogP contribution in [0, 0.1) is 5.82 Å². The van der Waals surface area contributed by atoms with Crippen molar-refractivity contribution in [1.29, 1.82) is 0 Å². The Balaban J connectivity index is 1.55. The maximum atomic E-state index is 13.6. The van der Waals surface area contributed by atoms with Crippen LogP contribution in [0.15, 0.2) is 96.6 Å². The third-order valence-corrected chi connectivity index (χ3v) is 5.41. The number of carbonyl (C=O) groups is 2. The number of rotatable bonds is 5. The van der Waals surface area contributed by atoms with Gasteiger partial charge in [-0.25, -0.2) is 9.40 Å². The molecule has 4 aromatic rings. The van der Waals surface area contributed by atoms with E-state index in [4.69, 9.17) is 4.74 Å². The Bertz CT molecular complexity index is 1400. The molecule has 0 saturated carbocycles. The van der Waals surface area contributed by atoms with Gasteiger partial charge in [0.05, 0.1) is 5.69 Å². The number of ether oxygens (including phenoxy) is 1. The highest BCUT2D eigenvalue weighted by Gasteiger charge is 2.34. The Hall–Kier alpha value is -4.45. The number of para-hydroxylation sites is 1. The molecule has 1 aliphatic rings. The zero-order valence-electron chi connectivity index (χ0n) is 17.5. The molecule has 1 saturated heterocycles. The van der Waals surface area contributed by atoms with Gasteiger partial charge in [-0.3, -0.25) is 15.0 Å². The van der Waals surface area contributed by atoms with Crippen LogP contribution in [0.5, 0.6) is 5.75 Å². The highest BCUT2D eigenvalue weighted by atomic mass is 19.1. The van der Waals surface area contributed by atoms with Crippen LogP contribution < -0.4 is 15.2 Å². The van der Waals surface area contributed by atoms with Crippen molar-refractivity contribution in [2.45, 2.75) is 6.61 Å². The van der Waals surface area contributed by atoms with Gasteiger partial charge in [0, 0.05) is 5.56 Å². The Morgan fingerprint density at radius 2 is 1.67 bits per heavy atom. The van der Waals surface area contributed by atoms with Crippen molar-refractivity contribution in [2.24, 2.45) is 0 Å². The van der Waals surface area contributed by atoms with Gasteiger partial charge in [-0.2, -0.15) is 0 Å². The summed E-state index contributed by atoms with van der Waals surface area (Å²) in [5, 5.41) is 3.00. The van der Waals surface area contributed by atoms with Gasteiger partial charge < -0.3 is 4.74 Å². The van der Waals surface area contributed by atoms with Crippen LogP contribution in [0.4, 0.5) is 10.1 Å². The standard InChI is InChI=1S/C27H19FN2O3/c28-20-9-6-7-18(15-20)17-33-25-14-13-19-8-4-5-12-22(19)23(25)16-24-26(31)29-30(27(24)32)21-10-2-1-3-11-21/h1-16H,17H2,(H,29,31)/b24-16-. The molecule has 1 N–H and O–H groups in total. The summed E-state index contributed by atoms with van der Waals surface area (Å²) in [6, 6.07) is 26.4. The Morgan fingerprint density at radius 1 is 0.879 bits per heavy atom. The van der Waals surface area contributed by atoms with Gasteiger partial charge in [-0.15, -0.1) is 0 Å². The Labute approximate surface area is 189 Å². The van der Waals surface area contributed by atoms with Gasteiger partial charge in [0.2, 0.25) is 0 Å². The summed E-state index contributed by atoms with van der Waals surface area (Å²) in [4.78, 5) is 25.8. The summed E-state index contributed by atoms with van der Waals surface area (Å²) in [6.45, 7) is 0.141. The van der Waals surface area contributed by atoms with E-state index in [9.17, 15) is 14.0 Å². The molecule has 33 heavy (non-hydrogen) atoms. The van der Waals surface area contributed by atoms with Gasteiger partial charge >= 0.3 is 0 Å². The number of halogens is 1. The number of hydrazine groups is 1. The van der Waals surface area contributed by atoms with Crippen LogP contribution in [0.25, 0.3) is 16.8 Å². The molecule has 0 aromatic heterocycles. The van der Waals surface area contributed by atoms with E-state index in [-0.39, 0.29) is 18.0 Å². The molecular weight excluding hydrogens is 419 g/mol. The molecule has 1 aliphatic heterocycles. The molecule has 4 aromatic carbocycles. The minimum atomic E-state index is -0.493. The smallest absolute Gasteiger partial charge is 0.282 e. The molecule has 162 valence electrons. The van der Waals surface area contributed by atoms with Crippen molar-refractivity contribution < 1.29 is 18.7 Å². The third-order valence-electron chi connectivity index (χ3n) is 5.41. The van der Waals surface area contributed by atoms with E-state index in [1.165, 1.54) is 17.1 Å². The maximum Gasteiger partial charge on any atom is 0.282 e. The van der Waals surface area contributed by atoms with E-state index in [0.717, 1.165) is 10.8 Å². The zero-order valence-corrected chi connectivity index (χ0v) is 17.5. The van der Waals surface area contributed by atoms with Crippen LogP contribution >= 0.6 is 0 Å². The topological polar surface area (TPSA) is 58.6 Å². The summed E-state index contributed by atoms with van der Waals surface area (Å²) in [6.07, 6.45) is 1.56. The van der Waals surface area contributed by atoms with Crippen molar-refractivity contribution >= 4 is 34.4 Å². The molecule has 0 radical (unpaired) electrons. The number of hydrogen-bond acceptors (Lipinski definition) is 3. The number of amides is 2. The normalized spacial score (nSPS) is 14.7. The minimum Gasteiger partial charge on any atom is -0.488 e. The number of nitrogens with zero attached hydrogens (tertiary/aromatic N) is 1. The Kier molecular flexibility index (Phi) is 5.32. The SMILES string of the molecule is O=C1NN(c2ccccc2)C(=O)/C1=C\c1c(OCc2cccc(F)c2)ccc2ccccc12. The Morgan fingerprint density at radius 3 is 2.48 bits per heavy atom. The molecule has 5 rings (SSSR count). The number of fused-ring (bicyclic) bond motifs is 1. The second-order valence-electron chi connectivity index (χ2n) is 7.59. The summed E-state index contributed by atoms with van der Waals surface area (Å²) in [5.41, 5.74) is 4.47. The van der Waals surface area contributed by atoms with Gasteiger partial charge in [-0.05, 0) is 52.7 Å². The lowest BCUT2D eigenvalue weighted by atomic mass is 10.0. The summed E-state index contributed by atoms with van der Waals surface area (Å²) < 4.78 is 19.6. The van der Waals surface area contributed by atoms with E-state index in [0.29, 0.717) is 22.6 Å². The van der Waals surface area contributed by atoms with Gasteiger partial charge in [0.15, 0.2) is 0 Å². The van der Waals surface area contributed by atoms with Crippen molar-refractivity contribution in [3.05, 3.63) is 114 Å². The van der Waals surface area contributed by atoms with E-state index in [1.807, 2.05) is 36.4 Å². The first-order chi connectivity index (χ1) is 16.1. The first kappa shape index (κ1) is 20.5. The van der Waals surface area contributed by atoms with Crippen LogP contribution in [-0.2, 0) is 16.2 Å². The quantitative estimate of drug-likeness (QED) is 0.352. The van der Waals surface area contributed by atoms with Crippen molar-refractivity contribution in [1.82, 2.24) is 5.43 Å². The fourth-order valence-corrected chi connectivity index (χ4v) is 3.80. The average molecular weight is 438 g/mol. The van der Waals surface area contributed by atoms with Crippen molar-refractivity contribution in [2.75, 3.05) is 5.01 Å². The molecule has 1 heterocycles. The minimum absolute atomic E-state index is 0.00538. The highest BCUT2D eigenvalue weighted by Crippen LogP contribution is 2.32. The summed E-state index contributed by atoms with van der Waals surface area (Å²) >= 11 is 0. The highest BCUT2D eigenvalue weighted by molar-refractivity contribution is 6.32. The van der Waals surface area contributed by atoms with Gasteiger partial charge in [-0.1, -0.05) is 60.7 Å². The van der Waals surface area contributed by atoms with Crippen LogP contribution in [0.1, 0.15) is 11.1 Å². The first-order valence-corrected chi connectivity index (χ1v) is 10.4. The van der Waals surface area contributed by atoms with Crippen LogP contribution in [0.3, 0.4) is 0 Å². The predicted octanol–water partition coefficient (Wildman–Crippen LogP) is 5.02. The predicted molar refractivity (Wildman–Crippen MR) is 125 cm³/mol. The van der Waals surface area contributed by atoms with Gasteiger partial charge in [0.1, 0.15) is 23.7 Å². The van der Waals surface area contributed by atoms with Crippen LogP contribution in [-0.4, -0.2) is 11.8 Å². The fraction of sp³-hybridized carbons (Fsp3) is 0.0370. The molecule has 0 aliphatic carbocycles. The molecule has 0 atom stereocenters. The maximum absolute atomic E-state index is 13.6. The largest absolute Gasteiger partial charge is 0.488 e. The fourth-order valence-electron chi connectivity index (χ4n) is 3.80. The second-order valence-corrected chi connectivity index (χ2v) is 7.59. The van der Waals surface area contributed by atoms with Crippen molar-refractivity contribution in [3.8, 4) is 5.75 Å². The lowest BCUT2D eigenvalue weighted by molar-refractivity contribution is -0.117. The molecule has 0 unspecified atom stereocenters. The monoisotopic (exact) mass is 438 g/mol. The molecule has 6 heteroatoms. The van der Waals surface area contributed by atoms with Gasteiger partial charge in [0.25, 0.3) is 11.8 Å². The molecule has 0 bridgehead atoms. The first-order valence-electron chi connectivity index (χ1n) is 10.4. The number of carbonyl (C=O) groups excluding carboxylic acids is 2. The average Bonchev–Trinajstić information content (AvgIpc) is 3.12. The van der Waals surface area contributed by atoms with Crippen molar-refractivity contribution in [3.63, 3.8) is 0 Å². The van der Waals surface area contributed by atoms with E-state index < -0.39 is 11.8 Å². The number of benzene rings is 4. The lowest BCUT2D eigenvalue weighted by Gasteiger charge is -2.14. The summed E-state index contributed by atoms with van der Waals surface area (Å²) in [5.74, 6) is -0.793. The lowest BCUT2D eigenvalue weighted by Crippen LogP contribution is -2.35. The number of hydrogen-bond donors (Lipinski definition) is 1.